The predicted molar refractivity (Wildman–Crippen MR) is 122 cm³/mol. The highest BCUT2D eigenvalue weighted by molar-refractivity contribution is 8.14. The van der Waals surface area contributed by atoms with E-state index in [1.165, 1.54) is 34.2 Å². The van der Waals surface area contributed by atoms with Crippen molar-refractivity contribution in [3.05, 3.63) is 63.7 Å². The van der Waals surface area contributed by atoms with Gasteiger partial charge in [0.2, 0.25) is 11.0 Å². The first-order chi connectivity index (χ1) is 15.4. The smallest absolute Gasteiger partial charge is 0.352 e. The number of aliphatic carboxylic acids is 1. The van der Waals surface area contributed by atoms with Gasteiger partial charge in [-0.1, -0.05) is 42.1 Å². The van der Waals surface area contributed by atoms with E-state index in [0.717, 1.165) is 11.8 Å². The highest BCUT2D eigenvalue weighted by Crippen LogP contribution is 2.41. The summed E-state index contributed by atoms with van der Waals surface area (Å²) >= 11 is 3.53. The number of thiazole rings is 1. The molecule has 1 aromatic heterocycles. The molecule has 2 aromatic rings. The van der Waals surface area contributed by atoms with Crippen molar-refractivity contribution in [3.63, 3.8) is 0 Å². The van der Waals surface area contributed by atoms with Crippen LogP contribution in [0, 0.1) is 0 Å². The minimum absolute atomic E-state index is 0.124. The van der Waals surface area contributed by atoms with E-state index < -0.39 is 35.2 Å². The molecule has 0 bridgehead atoms. The van der Waals surface area contributed by atoms with Crippen molar-refractivity contribution in [3.8, 4) is 0 Å². The van der Waals surface area contributed by atoms with Crippen molar-refractivity contribution >= 4 is 57.8 Å². The molecule has 1 saturated heterocycles. The Labute approximate surface area is 195 Å². The van der Waals surface area contributed by atoms with Crippen LogP contribution in [0.5, 0.6) is 0 Å². The molecule has 2 aliphatic heterocycles. The third-order valence-electron chi connectivity index (χ3n) is 5.00. The van der Waals surface area contributed by atoms with E-state index in [1.54, 1.807) is 35.8 Å². The van der Waals surface area contributed by atoms with Gasteiger partial charge in [0.05, 0.1) is 5.51 Å². The molecule has 3 heterocycles. The molecule has 4 N–H and O–H groups in total. The van der Waals surface area contributed by atoms with Crippen molar-refractivity contribution < 1.29 is 24.3 Å². The molecular formula is C20H18N4O5S3. The van der Waals surface area contributed by atoms with Crippen molar-refractivity contribution in [2.45, 2.75) is 17.5 Å². The number of nitrogens with zero attached hydrogens (tertiary/aromatic N) is 2. The van der Waals surface area contributed by atoms with E-state index in [2.05, 4.69) is 10.3 Å². The number of thioether (sulfide) groups is 2. The van der Waals surface area contributed by atoms with Crippen LogP contribution in [0.3, 0.4) is 0 Å². The lowest BCUT2D eigenvalue weighted by molar-refractivity contribution is -0.150. The predicted octanol–water partition coefficient (Wildman–Crippen LogP) is 1.46. The van der Waals surface area contributed by atoms with Gasteiger partial charge in [-0.15, -0.1) is 23.1 Å². The van der Waals surface area contributed by atoms with Crippen LogP contribution in [0.2, 0.25) is 0 Å². The zero-order valence-corrected chi connectivity index (χ0v) is 18.9. The fourth-order valence-electron chi connectivity index (χ4n) is 3.39. The first kappa shape index (κ1) is 22.5. The number of β-lactam (4-membered cyclic amide) rings is 1. The highest BCUT2D eigenvalue weighted by Gasteiger charge is 2.54. The minimum atomic E-state index is -1.24. The Bertz CT molecular complexity index is 1090. The van der Waals surface area contributed by atoms with E-state index in [0.29, 0.717) is 21.8 Å². The molecular weight excluding hydrogens is 472 g/mol. The molecule has 2 amide bonds. The molecule has 4 rings (SSSR count). The Morgan fingerprint density at radius 3 is 2.72 bits per heavy atom. The summed E-state index contributed by atoms with van der Waals surface area (Å²) in [6.45, 7) is 0. The SMILES string of the molecule is N[C@@H](C(=O)NC1C(=O)N2C(C(=O)O)=C(CSC(=O)c3cncs3)CS[C@H]12)c1ccccc1. The third-order valence-corrected chi connectivity index (χ3v) is 8.22. The molecule has 166 valence electrons. The van der Waals surface area contributed by atoms with Crippen LogP contribution in [0.4, 0.5) is 0 Å². The zero-order valence-electron chi connectivity index (χ0n) is 16.5. The average molecular weight is 491 g/mol. The molecule has 32 heavy (non-hydrogen) atoms. The van der Waals surface area contributed by atoms with E-state index >= 15 is 0 Å². The van der Waals surface area contributed by atoms with Crippen molar-refractivity contribution in [2.75, 3.05) is 11.5 Å². The summed E-state index contributed by atoms with van der Waals surface area (Å²) in [7, 11) is 0. The van der Waals surface area contributed by atoms with E-state index in [9.17, 15) is 24.3 Å². The van der Waals surface area contributed by atoms with E-state index in [-0.39, 0.29) is 16.6 Å². The summed E-state index contributed by atoms with van der Waals surface area (Å²) in [5.41, 5.74) is 8.52. The van der Waals surface area contributed by atoms with Gasteiger partial charge in [-0.25, -0.2) is 4.79 Å². The number of fused-ring (bicyclic) bond motifs is 1. The maximum atomic E-state index is 12.8. The Morgan fingerprint density at radius 2 is 2.06 bits per heavy atom. The summed E-state index contributed by atoms with van der Waals surface area (Å²) in [5.74, 6) is -1.78. The summed E-state index contributed by atoms with van der Waals surface area (Å²) in [6, 6.07) is 6.97. The maximum absolute atomic E-state index is 12.8. The molecule has 9 nitrogen and oxygen atoms in total. The number of hydrogen-bond donors (Lipinski definition) is 3. The molecule has 0 spiro atoms. The number of carbonyl (C=O) groups is 4. The number of nitrogens with one attached hydrogen (secondary N) is 1. The number of carboxylic acid groups (broad SMARTS) is 1. The van der Waals surface area contributed by atoms with Crippen molar-refractivity contribution in [1.29, 1.82) is 0 Å². The normalized spacial score (nSPS) is 20.9. The van der Waals surface area contributed by atoms with Gasteiger partial charge >= 0.3 is 5.97 Å². The molecule has 2 aliphatic rings. The number of rotatable bonds is 7. The molecule has 1 unspecified atom stereocenters. The number of benzene rings is 1. The number of nitrogens with two attached hydrogens (primary N) is 1. The highest BCUT2D eigenvalue weighted by atomic mass is 32.2. The van der Waals surface area contributed by atoms with Crippen molar-refractivity contribution in [1.82, 2.24) is 15.2 Å². The fraction of sp³-hybridized carbons (Fsp3) is 0.250. The Balaban J connectivity index is 1.44. The van der Waals surface area contributed by atoms with Crippen LogP contribution in [0.1, 0.15) is 21.3 Å². The van der Waals surface area contributed by atoms with Gasteiger partial charge in [0, 0.05) is 17.7 Å². The van der Waals surface area contributed by atoms with Crippen LogP contribution in [-0.2, 0) is 14.4 Å². The van der Waals surface area contributed by atoms with Crippen LogP contribution >= 0.6 is 34.9 Å². The molecule has 12 heteroatoms. The van der Waals surface area contributed by atoms with Gasteiger partial charge in [-0.2, -0.15) is 0 Å². The largest absolute Gasteiger partial charge is 0.477 e. The Kier molecular flexibility index (Phi) is 6.65. The van der Waals surface area contributed by atoms with Gasteiger partial charge in [-0.3, -0.25) is 24.3 Å². The average Bonchev–Trinajstić information content (AvgIpc) is 3.35. The maximum Gasteiger partial charge on any atom is 0.352 e. The second kappa shape index (κ2) is 9.45. The van der Waals surface area contributed by atoms with Gasteiger partial charge < -0.3 is 16.2 Å². The summed E-state index contributed by atoms with van der Waals surface area (Å²) in [6.07, 6.45) is 1.46. The first-order valence-corrected chi connectivity index (χ1v) is 12.4. The van der Waals surface area contributed by atoms with E-state index in [4.69, 9.17) is 5.73 Å². The van der Waals surface area contributed by atoms with Crippen molar-refractivity contribution in [2.24, 2.45) is 5.73 Å². The second-order valence-corrected chi connectivity index (χ2v) is 9.92. The molecule has 1 aromatic carbocycles. The van der Waals surface area contributed by atoms with Gasteiger partial charge in [0.15, 0.2) is 0 Å². The molecule has 0 aliphatic carbocycles. The molecule has 0 saturated carbocycles. The summed E-state index contributed by atoms with van der Waals surface area (Å²) in [4.78, 5) is 55.0. The summed E-state index contributed by atoms with van der Waals surface area (Å²) in [5, 5.41) is 11.6. The van der Waals surface area contributed by atoms with Gasteiger partial charge in [-0.05, 0) is 11.1 Å². The Hall–Kier alpha value is -2.67. The lowest BCUT2D eigenvalue weighted by Gasteiger charge is -2.49. The van der Waals surface area contributed by atoms with Crippen LogP contribution in [-0.4, -0.2) is 60.8 Å². The minimum Gasteiger partial charge on any atom is -0.477 e. The van der Waals surface area contributed by atoms with Gasteiger partial charge in [0.1, 0.15) is 28.0 Å². The number of carbonyl (C=O) groups excluding carboxylic acids is 3. The zero-order chi connectivity index (χ0) is 22.8. The third kappa shape index (κ3) is 4.31. The van der Waals surface area contributed by atoms with Crippen LogP contribution in [0.15, 0.2) is 53.3 Å². The quantitative estimate of drug-likeness (QED) is 0.492. The number of hydrogen-bond acceptors (Lipinski definition) is 9. The topological polar surface area (TPSA) is 143 Å². The summed E-state index contributed by atoms with van der Waals surface area (Å²) < 4.78 is 0. The molecule has 1 fully saturated rings. The number of amides is 2. The second-order valence-electron chi connectivity index (χ2n) is 6.98. The number of carboxylic acids is 1. The monoisotopic (exact) mass is 490 g/mol. The molecule has 0 radical (unpaired) electrons. The molecule has 3 atom stereocenters. The number of aromatic nitrogens is 1. The first-order valence-electron chi connectivity index (χ1n) is 9.45. The fourth-order valence-corrected chi connectivity index (χ4v) is 6.38. The van der Waals surface area contributed by atoms with Gasteiger partial charge in [0.25, 0.3) is 5.91 Å². The standard InChI is InChI=1S/C20H18N4O5S3/c21-13(10-4-2-1-3-5-10)16(25)23-14-17(26)24-15(19(27)28)11(7-30-18(14)24)8-31-20(29)12-6-22-9-32-12/h1-6,9,13-14,18H,7-8,21H2,(H,23,25)(H,27,28)/t13-,14?,18-/m1/s1. The Morgan fingerprint density at radius 1 is 1.31 bits per heavy atom. The van der Waals surface area contributed by atoms with E-state index in [1.807, 2.05) is 0 Å². The lowest BCUT2D eigenvalue weighted by atomic mass is 10.0. The van der Waals surface area contributed by atoms with Crippen LogP contribution in [0.25, 0.3) is 0 Å². The van der Waals surface area contributed by atoms with Crippen LogP contribution < -0.4 is 11.1 Å². The lowest BCUT2D eigenvalue weighted by Crippen LogP contribution is -2.71.